The van der Waals surface area contributed by atoms with Gasteiger partial charge in [0.25, 0.3) is 5.91 Å². The zero-order valence-electron chi connectivity index (χ0n) is 14.9. The Labute approximate surface area is 157 Å². The monoisotopic (exact) mass is 375 g/mol. The Bertz CT molecular complexity index is 684. The van der Waals surface area contributed by atoms with E-state index in [2.05, 4.69) is 5.32 Å². The molecule has 2 saturated heterocycles. The highest BCUT2D eigenvalue weighted by atomic mass is 32.1. The molecule has 2 atom stereocenters. The van der Waals surface area contributed by atoms with Gasteiger partial charge in [-0.2, -0.15) is 0 Å². The summed E-state index contributed by atoms with van der Waals surface area (Å²) < 4.78 is 0. The van der Waals surface area contributed by atoms with Gasteiger partial charge in [0, 0.05) is 23.5 Å². The van der Waals surface area contributed by atoms with Crippen molar-refractivity contribution in [1.82, 2.24) is 15.1 Å². The molecule has 3 aliphatic rings. The van der Waals surface area contributed by atoms with Crippen LogP contribution >= 0.6 is 11.3 Å². The molecular weight excluding hydrogens is 350 g/mol. The number of piperidine rings is 1. The Hall–Kier alpha value is -1.89. The molecule has 1 aromatic rings. The summed E-state index contributed by atoms with van der Waals surface area (Å²) in [7, 11) is 0. The zero-order valence-corrected chi connectivity index (χ0v) is 15.7. The predicted octanol–water partition coefficient (Wildman–Crippen LogP) is 2.53. The summed E-state index contributed by atoms with van der Waals surface area (Å²) >= 11 is 1.57. The maximum Gasteiger partial charge on any atom is 0.327 e. The number of hydrogen-bond acceptors (Lipinski definition) is 4. The van der Waals surface area contributed by atoms with Crippen LogP contribution in [-0.4, -0.2) is 52.3 Å². The molecule has 0 radical (unpaired) electrons. The highest BCUT2D eigenvalue weighted by Crippen LogP contribution is 2.32. The van der Waals surface area contributed by atoms with Gasteiger partial charge in [0.05, 0.1) is 6.42 Å². The number of nitrogens with one attached hydrogen (secondary N) is 1. The average molecular weight is 375 g/mol. The van der Waals surface area contributed by atoms with Gasteiger partial charge in [0.15, 0.2) is 0 Å². The van der Waals surface area contributed by atoms with Crippen LogP contribution < -0.4 is 5.32 Å². The molecule has 7 heteroatoms. The fraction of sp³-hybridized carbons (Fsp3) is 0.632. The van der Waals surface area contributed by atoms with Crippen LogP contribution in [0.25, 0.3) is 0 Å². The van der Waals surface area contributed by atoms with Crippen molar-refractivity contribution >= 4 is 29.2 Å². The number of nitrogens with zero attached hydrogens (tertiary/aromatic N) is 2. The number of amides is 4. The lowest BCUT2D eigenvalue weighted by molar-refractivity contribution is -0.131. The van der Waals surface area contributed by atoms with Crippen molar-refractivity contribution in [3.63, 3.8) is 0 Å². The first kappa shape index (κ1) is 17.5. The first-order valence-corrected chi connectivity index (χ1v) is 10.5. The van der Waals surface area contributed by atoms with Crippen LogP contribution in [0.2, 0.25) is 0 Å². The average Bonchev–Trinajstić information content (AvgIpc) is 3.23. The van der Waals surface area contributed by atoms with Crippen molar-refractivity contribution in [3.8, 4) is 0 Å². The van der Waals surface area contributed by atoms with Gasteiger partial charge in [0.1, 0.15) is 6.04 Å². The van der Waals surface area contributed by atoms with Crippen LogP contribution in [0.3, 0.4) is 0 Å². The van der Waals surface area contributed by atoms with E-state index in [4.69, 9.17) is 0 Å². The van der Waals surface area contributed by atoms with Gasteiger partial charge in [-0.1, -0.05) is 25.3 Å². The summed E-state index contributed by atoms with van der Waals surface area (Å²) in [6.45, 7) is 0.544. The molecule has 3 fully saturated rings. The first-order chi connectivity index (χ1) is 12.6. The molecule has 0 bridgehead atoms. The lowest BCUT2D eigenvalue weighted by atomic mass is 9.93. The molecule has 3 heterocycles. The summed E-state index contributed by atoms with van der Waals surface area (Å²) in [5, 5.41) is 5.02. The topological polar surface area (TPSA) is 69.7 Å². The molecule has 0 aromatic carbocycles. The second-order valence-corrected chi connectivity index (χ2v) is 8.57. The highest BCUT2D eigenvalue weighted by Gasteiger charge is 2.50. The standard InChI is InChI=1S/C19H25N3O3S/c23-17(12-15-7-4-10-26-15)20-13-8-9-21-16(11-13)18(24)22(19(21)25)14-5-2-1-3-6-14/h4,7,10,13-14,16H,1-3,5-6,8-9,11-12H2,(H,20,23)/t13-,16-/m0/s1. The minimum Gasteiger partial charge on any atom is -0.353 e. The van der Waals surface area contributed by atoms with E-state index < -0.39 is 6.04 Å². The highest BCUT2D eigenvalue weighted by molar-refractivity contribution is 7.10. The van der Waals surface area contributed by atoms with Crippen LogP contribution in [0.5, 0.6) is 0 Å². The van der Waals surface area contributed by atoms with Crippen molar-refractivity contribution in [2.24, 2.45) is 0 Å². The molecule has 140 valence electrons. The van der Waals surface area contributed by atoms with Gasteiger partial charge in [-0.25, -0.2) is 4.79 Å². The number of carbonyl (C=O) groups excluding carboxylic acids is 3. The third kappa shape index (κ3) is 3.37. The van der Waals surface area contributed by atoms with E-state index in [9.17, 15) is 14.4 Å². The molecule has 1 aliphatic carbocycles. The van der Waals surface area contributed by atoms with Crippen LogP contribution in [0.1, 0.15) is 49.8 Å². The van der Waals surface area contributed by atoms with E-state index in [1.165, 1.54) is 11.3 Å². The second-order valence-electron chi connectivity index (χ2n) is 7.54. The fourth-order valence-electron chi connectivity index (χ4n) is 4.48. The number of imide groups is 1. The summed E-state index contributed by atoms with van der Waals surface area (Å²) in [5.74, 6) is -0.0640. The molecule has 0 unspecified atom stereocenters. The van der Waals surface area contributed by atoms with Crippen molar-refractivity contribution in [1.29, 1.82) is 0 Å². The largest absolute Gasteiger partial charge is 0.353 e. The maximum absolute atomic E-state index is 12.9. The predicted molar refractivity (Wildman–Crippen MR) is 98.8 cm³/mol. The summed E-state index contributed by atoms with van der Waals surface area (Å²) in [6, 6.07) is 3.41. The van der Waals surface area contributed by atoms with Gasteiger partial charge in [-0.15, -0.1) is 11.3 Å². The van der Waals surface area contributed by atoms with Gasteiger partial charge in [0.2, 0.25) is 5.91 Å². The smallest absolute Gasteiger partial charge is 0.327 e. The summed E-state index contributed by atoms with van der Waals surface area (Å²) in [6.07, 6.45) is 6.86. The van der Waals surface area contributed by atoms with Crippen LogP contribution in [-0.2, 0) is 16.0 Å². The summed E-state index contributed by atoms with van der Waals surface area (Å²) in [4.78, 5) is 42.2. The molecule has 4 rings (SSSR count). The fourth-order valence-corrected chi connectivity index (χ4v) is 5.18. The molecule has 26 heavy (non-hydrogen) atoms. The van der Waals surface area contributed by atoms with Gasteiger partial charge < -0.3 is 10.2 Å². The van der Waals surface area contributed by atoms with Gasteiger partial charge in [-0.3, -0.25) is 14.5 Å². The molecule has 1 saturated carbocycles. The van der Waals surface area contributed by atoms with E-state index in [0.29, 0.717) is 25.8 Å². The Kier molecular flexibility index (Phi) is 4.98. The van der Waals surface area contributed by atoms with Crippen molar-refractivity contribution in [3.05, 3.63) is 22.4 Å². The molecule has 6 nitrogen and oxygen atoms in total. The lowest BCUT2D eigenvalue weighted by Crippen LogP contribution is -2.50. The summed E-state index contributed by atoms with van der Waals surface area (Å²) in [5.41, 5.74) is 0. The number of rotatable bonds is 4. The van der Waals surface area contributed by atoms with E-state index in [1.807, 2.05) is 17.5 Å². The normalized spacial score (nSPS) is 26.9. The third-order valence-corrected chi connectivity index (χ3v) is 6.67. The number of hydrogen-bond donors (Lipinski definition) is 1. The third-order valence-electron chi connectivity index (χ3n) is 5.80. The van der Waals surface area contributed by atoms with E-state index in [0.717, 1.165) is 30.6 Å². The molecule has 1 aromatic heterocycles. The number of fused-ring (bicyclic) bond motifs is 1. The molecule has 0 spiro atoms. The van der Waals surface area contributed by atoms with E-state index in [-0.39, 0.29) is 29.9 Å². The number of thiophene rings is 1. The minimum atomic E-state index is -0.398. The number of urea groups is 1. The van der Waals surface area contributed by atoms with Gasteiger partial charge in [-0.05, 0) is 37.1 Å². The second kappa shape index (κ2) is 7.39. The quantitative estimate of drug-likeness (QED) is 0.822. The number of carbonyl (C=O) groups is 3. The van der Waals surface area contributed by atoms with Gasteiger partial charge >= 0.3 is 6.03 Å². The zero-order chi connectivity index (χ0) is 18.1. The SMILES string of the molecule is O=C(Cc1cccs1)N[C@H]1CCN2C(=O)N(C3CCCCC3)C(=O)[C@@H]2C1. The van der Waals surface area contributed by atoms with E-state index in [1.54, 1.807) is 16.2 Å². The van der Waals surface area contributed by atoms with Crippen molar-refractivity contribution < 1.29 is 14.4 Å². The molecule has 1 N–H and O–H groups in total. The van der Waals surface area contributed by atoms with Crippen LogP contribution in [0.15, 0.2) is 17.5 Å². The van der Waals surface area contributed by atoms with Crippen LogP contribution in [0.4, 0.5) is 4.79 Å². The lowest BCUT2D eigenvalue weighted by Gasteiger charge is -2.32. The molecule has 2 aliphatic heterocycles. The molecule has 4 amide bonds. The van der Waals surface area contributed by atoms with Crippen molar-refractivity contribution in [2.45, 2.75) is 69.5 Å². The Balaban J connectivity index is 1.37. The van der Waals surface area contributed by atoms with Crippen LogP contribution in [0, 0.1) is 0 Å². The molecular formula is C19H25N3O3S. The minimum absolute atomic E-state index is 0.00758. The Morgan fingerprint density at radius 2 is 2.00 bits per heavy atom. The van der Waals surface area contributed by atoms with E-state index >= 15 is 0 Å². The Morgan fingerprint density at radius 3 is 2.73 bits per heavy atom. The maximum atomic E-state index is 12.9. The Morgan fingerprint density at radius 1 is 1.19 bits per heavy atom. The van der Waals surface area contributed by atoms with Crippen molar-refractivity contribution in [2.75, 3.05) is 6.54 Å². The first-order valence-electron chi connectivity index (χ1n) is 9.59.